The highest BCUT2D eigenvalue weighted by Crippen LogP contribution is 2.39. The first-order valence-electron chi connectivity index (χ1n) is 6.58. The zero-order chi connectivity index (χ0) is 16.4. The number of nitrogens with zero attached hydrogens (tertiary/aromatic N) is 1. The molecule has 0 spiro atoms. The lowest BCUT2D eigenvalue weighted by Crippen LogP contribution is -2.08. The lowest BCUT2D eigenvalue weighted by Gasteiger charge is -2.04. The first kappa shape index (κ1) is 19.3. The van der Waals surface area contributed by atoms with E-state index in [1.165, 1.54) is 11.3 Å². The minimum Gasteiger partial charge on any atom is -0.383 e. The fourth-order valence-electron chi connectivity index (χ4n) is 1.97. The summed E-state index contributed by atoms with van der Waals surface area (Å²) in [6.45, 7) is 0. The van der Waals surface area contributed by atoms with E-state index in [4.69, 9.17) is 11.1 Å². The standard InChI is InChI=1S/C15H13BrN4S3.ClH/c1-21-14-8(6-12(23-14)13(17)18)11-7-22-15(20-11)19-10-5-3-2-4-9(10)16;/h2-7H,1H3,(H3,17,18)(H,19,20);1H. The van der Waals surface area contributed by atoms with Gasteiger partial charge in [-0.1, -0.05) is 12.1 Å². The smallest absolute Gasteiger partial charge is 0.187 e. The number of nitrogen functional groups attached to an aromatic ring is 1. The number of nitrogens with two attached hydrogens (primary N) is 1. The quantitative estimate of drug-likeness (QED) is 0.255. The number of benzene rings is 1. The van der Waals surface area contributed by atoms with Crippen LogP contribution in [0, 0.1) is 5.41 Å². The van der Waals surface area contributed by atoms with Crippen LogP contribution in [-0.4, -0.2) is 17.1 Å². The van der Waals surface area contributed by atoms with Gasteiger partial charge in [-0.3, -0.25) is 5.41 Å². The van der Waals surface area contributed by atoms with Crippen molar-refractivity contribution >= 4 is 79.4 Å². The number of aromatic nitrogens is 1. The molecule has 0 bridgehead atoms. The van der Waals surface area contributed by atoms with E-state index in [1.807, 2.05) is 42.0 Å². The molecule has 2 heterocycles. The minimum atomic E-state index is 0. The average molecular weight is 462 g/mol. The molecule has 3 aromatic rings. The molecule has 0 amide bonds. The summed E-state index contributed by atoms with van der Waals surface area (Å²) >= 11 is 8.25. The van der Waals surface area contributed by atoms with E-state index in [2.05, 4.69) is 26.2 Å². The first-order valence-corrected chi connectivity index (χ1v) is 10.3. The Balaban J connectivity index is 0.00000208. The Bertz CT molecular complexity index is 862. The third-order valence-electron chi connectivity index (χ3n) is 3.04. The number of thiazole rings is 1. The van der Waals surface area contributed by atoms with Gasteiger partial charge in [-0.15, -0.1) is 46.8 Å². The van der Waals surface area contributed by atoms with Gasteiger partial charge in [0.2, 0.25) is 0 Å². The van der Waals surface area contributed by atoms with E-state index in [0.717, 1.165) is 35.6 Å². The van der Waals surface area contributed by atoms with Crippen molar-refractivity contribution in [3.63, 3.8) is 0 Å². The molecule has 0 unspecified atom stereocenters. The Kier molecular flexibility index (Phi) is 6.70. The summed E-state index contributed by atoms with van der Waals surface area (Å²) in [7, 11) is 0. The van der Waals surface area contributed by atoms with Crippen LogP contribution in [0.2, 0.25) is 0 Å². The maximum Gasteiger partial charge on any atom is 0.187 e. The molecule has 0 radical (unpaired) electrons. The van der Waals surface area contributed by atoms with Crippen LogP contribution in [0.5, 0.6) is 0 Å². The summed E-state index contributed by atoms with van der Waals surface area (Å²) in [6.07, 6.45) is 2.02. The number of rotatable bonds is 5. The topological polar surface area (TPSA) is 74.8 Å². The van der Waals surface area contributed by atoms with Crippen LogP contribution in [0.3, 0.4) is 0 Å². The van der Waals surface area contributed by atoms with Crippen LogP contribution in [0.1, 0.15) is 4.88 Å². The Labute approximate surface area is 166 Å². The molecule has 0 saturated carbocycles. The van der Waals surface area contributed by atoms with Crippen molar-refractivity contribution in [2.45, 2.75) is 4.21 Å². The van der Waals surface area contributed by atoms with Gasteiger partial charge in [-0.05, 0) is 40.4 Å². The highest BCUT2D eigenvalue weighted by atomic mass is 79.9. The number of thioether (sulfide) groups is 1. The summed E-state index contributed by atoms with van der Waals surface area (Å²) in [6, 6.07) is 9.88. The molecule has 126 valence electrons. The molecule has 4 N–H and O–H groups in total. The van der Waals surface area contributed by atoms with Crippen LogP contribution in [0.25, 0.3) is 11.3 Å². The molecule has 3 rings (SSSR count). The number of anilines is 2. The minimum absolute atomic E-state index is 0. The number of para-hydroxylation sites is 1. The van der Waals surface area contributed by atoms with Crippen molar-refractivity contribution in [2.75, 3.05) is 11.6 Å². The fraction of sp³-hybridized carbons (Fsp3) is 0.0667. The number of hydrogen-bond acceptors (Lipinski definition) is 6. The summed E-state index contributed by atoms with van der Waals surface area (Å²) in [4.78, 5) is 5.44. The summed E-state index contributed by atoms with van der Waals surface area (Å²) in [5.74, 6) is 0.0957. The second-order valence-corrected chi connectivity index (χ2v) is 8.41. The zero-order valence-electron chi connectivity index (χ0n) is 12.5. The van der Waals surface area contributed by atoms with Crippen molar-refractivity contribution in [3.05, 3.63) is 45.1 Å². The molecule has 0 aliphatic heterocycles. The predicted octanol–water partition coefficient (Wildman–Crippen LogP) is 5.81. The normalized spacial score (nSPS) is 10.2. The van der Waals surface area contributed by atoms with Crippen molar-refractivity contribution in [3.8, 4) is 11.3 Å². The second-order valence-electron chi connectivity index (χ2n) is 4.57. The molecular formula is C15H14BrClN4S3. The summed E-state index contributed by atoms with van der Waals surface area (Å²) in [5.41, 5.74) is 8.51. The van der Waals surface area contributed by atoms with E-state index < -0.39 is 0 Å². The Morgan fingerprint density at radius 3 is 2.79 bits per heavy atom. The molecule has 9 heteroatoms. The van der Waals surface area contributed by atoms with Crippen molar-refractivity contribution in [1.29, 1.82) is 5.41 Å². The molecule has 0 atom stereocenters. The van der Waals surface area contributed by atoms with Gasteiger partial charge in [0.25, 0.3) is 0 Å². The number of halogens is 2. The molecule has 1 aromatic carbocycles. The molecule has 24 heavy (non-hydrogen) atoms. The van der Waals surface area contributed by atoms with Gasteiger partial charge in [0.15, 0.2) is 5.13 Å². The van der Waals surface area contributed by atoms with Crippen LogP contribution in [-0.2, 0) is 0 Å². The van der Waals surface area contributed by atoms with Crippen molar-refractivity contribution in [2.24, 2.45) is 5.73 Å². The summed E-state index contributed by atoms with van der Waals surface area (Å²) < 4.78 is 2.11. The molecule has 0 fully saturated rings. The second kappa shape index (κ2) is 8.35. The zero-order valence-corrected chi connectivity index (χ0v) is 17.4. The third-order valence-corrected chi connectivity index (χ3v) is 6.80. The monoisotopic (exact) mass is 460 g/mol. The Morgan fingerprint density at radius 2 is 2.12 bits per heavy atom. The average Bonchev–Trinajstić information content (AvgIpc) is 3.15. The molecule has 4 nitrogen and oxygen atoms in total. The lowest BCUT2D eigenvalue weighted by molar-refractivity contribution is 1.37. The number of amidine groups is 1. The van der Waals surface area contributed by atoms with Gasteiger partial charge in [0.1, 0.15) is 5.84 Å². The lowest BCUT2D eigenvalue weighted by atomic mass is 10.2. The van der Waals surface area contributed by atoms with Crippen LogP contribution >= 0.6 is 62.8 Å². The maximum absolute atomic E-state index is 7.60. The molecule has 0 saturated heterocycles. The van der Waals surface area contributed by atoms with Crippen molar-refractivity contribution in [1.82, 2.24) is 4.98 Å². The van der Waals surface area contributed by atoms with Gasteiger partial charge in [0.05, 0.1) is 20.5 Å². The predicted molar refractivity (Wildman–Crippen MR) is 113 cm³/mol. The van der Waals surface area contributed by atoms with Crippen molar-refractivity contribution < 1.29 is 0 Å². The van der Waals surface area contributed by atoms with Gasteiger partial charge < -0.3 is 11.1 Å². The van der Waals surface area contributed by atoms with Gasteiger partial charge in [-0.25, -0.2) is 4.98 Å². The Morgan fingerprint density at radius 1 is 1.38 bits per heavy atom. The van der Waals surface area contributed by atoms with E-state index in [0.29, 0.717) is 0 Å². The third kappa shape index (κ3) is 4.12. The van der Waals surface area contributed by atoms with Crippen LogP contribution in [0.15, 0.2) is 44.4 Å². The molecule has 0 aliphatic rings. The van der Waals surface area contributed by atoms with Gasteiger partial charge >= 0.3 is 0 Å². The Hall–Kier alpha value is -1.06. The van der Waals surface area contributed by atoms with Gasteiger partial charge in [0, 0.05) is 15.4 Å². The fourth-order valence-corrected chi connectivity index (χ4v) is 4.82. The van der Waals surface area contributed by atoms with E-state index in [9.17, 15) is 0 Å². The number of thiophene rings is 1. The molecule has 2 aromatic heterocycles. The highest BCUT2D eigenvalue weighted by molar-refractivity contribution is 9.10. The van der Waals surface area contributed by atoms with E-state index in [1.54, 1.807) is 23.1 Å². The summed E-state index contributed by atoms with van der Waals surface area (Å²) in [5, 5.41) is 13.8. The molecule has 0 aliphatic carbocycles. The van der Waals surface area contributed by atoms with Crippen LogP contribution < -0.4 is 11.1 Å². The van der Waals surface area contributed by atoms with Crippen LogP contribution in [0.4, 0.5) is 10.8 Å². The van der Waals surface area contributed by atoms with E-state index in [-0.39, 0.29) is 18.2 Å². The number of nitrogens with one attached hydrogen (secondary N) is 2. The maximum atomic E-state index is 7.60. The highest BCUT2D eigenvalue weighted by Gasteiger charge is 2.15. The van der Waals surface area contributed by atoms with E-state index >= 15 is 0 Å². The largest absolute Gasteiger partial charge is 0.383 e. The van der Waals surface area contributed by atoms with Gasteiger partial charge in [-0.2, -0.15) is 0 Å². The SMILES string of the molecule is CSc1sc(C(=N)N)cc1-c1csc(Nc2ccccc2Br)n1.Cl. The first-order chi connectivity index (χ1) is 11.1. The number of hydrogen-bond donors (Lipinski definition) is 3. The molecular weight excluding hydrogens is 448 g/mol.